The maximum atomic E-state index is 13.2. The molecule has 0 fully saturated rings. The van der Waals surface area contributed by atoms with E-state index in [9.17, 15) is 9.59 Å². The Morgan fingerprint density at radius 1 is 0.917 bits per heavy atom. The lowest BCUT2D eigenvalue weighted by atomic mass is 10.0. The fourth-order valence-electron chi connectivity index (χ4n) is 4.06. The van der Waals surface area contributed by atoms with Gasteiger partial charge in [-0.1, -0.05) is 74.0 Å². The standard InChI is InChI=1S/C27H25N7O2/c1-2-3-12-24-30-34(26(35)21-8-5-4-6-9-21)27(36)33(24)18-19-13-15-20(16-14-19)22-10-7-11-23(17-22)25-28-31-32-29-25/h4-11,13-17H,2-3,12,18H2,1H3,(H,28,29,31,32). The monoisotopic (exact) mass is 479 g/mol. The molecule has 0 aliphatic heterocycles. The minimum atomic E-state index is -0.424. The molecule has 0 aliphatic rings. The summed E-state index contributed by atoms with van der Waals surface area (Å²) in [5.41, 5.74) is 3.86. The van der Waals surface area contributed by atoms with Gasteiger partial charge in [-0.05, 0) is 46.5 Å². The summed E-state index contributed by atoms with van der Waals surface area (Å²) >= 11 is 0. The van der Waals surface area contributed by atoms with Gasteiger partial charge in [0.25, 0.3) is 5.91 Å². The van der Waals surface area contributed by atoms with Crippen molar-refractivity contribution in [2.24, 2.45) is 0 Å². The molecule has 0 radical (unpaired) electrons. The second kappa shape index (κ2) is 10.3. The van der Waals surface area contributed by atoms with Crippen molar-refractivity contribution in [1.29, 1.82) is 0 Å². The summed E-state index contributed by atoms with van der Waals surface area (Å²) in [7, 11) is 0. The topological polar surface area (TPSA) is 111 Å². The summed E-state index contributed by atoms with van der Waals surface area (Å²) < 4.78 is 2.58. The Morgan fingerprint density at radius 3 is 2.42 bits per heavy atom. The van der Waals surface area contributed by atoms with Crippen LogP contribution in [-0.2, 0) is 13.0 Å². The molecule has 9 heteroatoms. The summed E-state index contributed by atoms with van der Waals surface area (Å²) in [6, 6.07) is 24.7. The molecule has 180 valence electrons. The van der Waals surface area contributed by atoms with Crippen LogP contribution in [-0.4, -0.2) is 40.9 Å². The summed E-state index contributed by atoms with van der Waals surface area (Å²) in [6.45, 7) is 2.42. The molecule has 9 nitrogen and oxygen atoms in total. The predicted molar refractivity (Wildman–Crippen MR) is 135 cm³/mol. The number of carbonyl (C=O) groups is 1. The highest BCUT2D eigenvalue weighted by atomic mass is 16.2. The largest absolute Gasteiger partial charge is 0.353 e. The SMILES string of the molecule is CCCCc1nn(C(=O)c2ccccc2)c(=O)n1Cc1ccc(-c2cccc(-c3nn[nH]n3)c2)cc1. The average molecular weight is 480 g/mol. The highest BCUT2D eigenvalue weighted by molar-refractivity contribution is 5.95. The number of aryl methyl sites for hydroxylation is 1. The molecular weight excluding hydrogens is 454 g/mol. The van der Waals surface area contributed by atoms with E-state index >= 15 is 0 Å². The van der Waals surface area contributed by atoms with E-state index in [-0.39, 0.29) is 0 Å². The zero-order valence-electron chi connectivity index (χ0n) is 19.8. The number of unbranched alkanes of at least 4 members (excludes halogenated alkanes) is 1. The van der Waals surface area contributed by atoms with Gasteiger partial charge in [0.15, 0.2) is 0 Å². The van der Waals surface area contributed by atoms with E-state index in [4.69, 9.17) is 0 Å². The number of carbonyl (C=O) groups excluding carboxylic acids is 1. The summed E-state index contributed by atoms with van der Waals surface area (Å²) in [4.78, 5) is 26.2. The van der Waals surface area contributed by atoms with Crippen LogP contribution in [0, 0.1) is 0 Å². The van der Waals surface area contributed by atoms with Gasteiger partial charge in [-0.25, -0.2) is 4.79 Å². The minimum Gasteiger partial charge on any atom is -0.274 e. The minimum absolute atomic E-state index is 0.336. The second-order valence-electron chi connectivity index (χ2n) is 8.48. The first-order valence-corrected chi connectivity index (χ1v) is 11.9. The molecule has 2 heterocycles. The molecule has 0 bridgehead atoms. The molecular formula is C27H25N7O2. The van der Waals surface area contributed by atoms with Crippen molar-refractivity contribution in [1.82, 2.24) is 35.0 Å². The van der Waals surface area contributed by atoms with Gasteiger partial charge in [0.1, 0.15) is 5.82 Å². The van der Waals surface area contributed by atoms with Crippen LogP contribution in [0.2, 0.25) is 0 Å². The number of rotatable bonds is 8. The van der Waals surface area contributed by atoms with Gasteiger partial charge in [-0.3, -0.25) is 9.36 Å². The lowest BCUT2D eigenvalue weighted by molar-refractivity contribution is 0.0939. The van der Waals surface area contributed by atoms with Crippen molar-refractivity contribution in [3.8, 4) is 22.5 Å². The summed E-state index contributed by atoms with van der Waals surface area (Å²) in [6.07, 6.45) is 2.47. The van der Waals surface area contributed by atoms with Crippen molar-refractivity contribution in [2.45, 2.75) is 32.7 Å². The smallest absolute Gasteiger partial charge is 0.274 e. The van der Waals surface area contributed by atoms with E-state index in [1.165, 1.54) is 0 Å². The molecule has 0 spiro atoms. The van der Waals surface area contributed by atoms with Gasteiger partial charge in [0, 0.05) is 17.5 Å². The van der Waals surface area contributed by atoms with E-state index in [0.717, 1.165) is 39.8 Å². The number of tetrazole rings is 1. The summed E-state index contributed by atoms with van der Waals surface area (Å²) in [5, 5.41) is 18.6. The van der Waals surface area contributed by atoms with Gasteiger partial charge in [-0.2, -0.15) is 5.21 Å². The number of nitrogens with one attached hydrogen (secondary N) is 1. The molecule has 0 unspecified atom stereocenters. The van der Waals surface area contributed by atoms with Crippen molar-refractivity contribution in [3.05, 3.63) is 106 Å². The average Bonchev–Trinajstić information content (AvgIpc) is 3.57. The zero-order chi connectivity index (χ0) is 24.9. The molecule has 2 aromatic heterocycles. The van der Waals surface area contributed by atoms with Crippen LogP contribution in [0.25, 0.3) is 22.5 Å². The normalized spacial score (nSPS) is 11.0. The van der Waals surface area contributed by atoms with Crippen LogP contribution < -0.4 is 5.69 Å². The number of H-pyrrole nitrogens is 1. The first-order chi connectivity index (χ1) is 17.6. The lowest BCUT2D eigenvalue weighted by Crippen LogP contribution is -2.30. The van der Waals surface area contributed by atoms with E-state index in [1.807, 2.05) is 54.6 Å². The zero-order valence-corrected chi connectivity index (χ0v) is 19.8. The molecule has 5 rings (SSSR count). The first kappa shape index (κ1) is 23.1. The Hall–Kier alpha value is -4.66. The fourth-order valence-corrected chi connectivity index (χ4v) is 4.06. The molecule has 3 aromatic carbocycles. The van der Waals surface area contributed by atoms with Gasteiger partial charge >= 0.3 is 5.69 Å². The van der Waals surface area contributed by atoms with E-state index in [1.54, 1.807) is 28.8 Å². The number of nitrogens with zero attached hydrogens (tertiary/aromatic N) is 6. The third-order valence-corrected chi connectivity index (χ3v) is 6.00. The molecule has 36 heavy (non-hydrogen) atoms. The Balaban J connectivity index is 1.42. The maximum Gasteiger partial charge on any atom is 0.353 e. The van der Waals surface area contributed by atoms with Crippen LogP contribution in [0.3, 0.4) is 0 Å². The number of hydrogen-bond acceptors (Lipinski definition) is 6. The first-order valence-electron chi connectivity index (χ1n) is 11.9. The van der Waals surface area contributed by atoms with Gasteiger partial charge < -0.3 is 0 Å². The second-order valence-corrected chi connectivity index (χ2v) is 8.48. The summed E-state index contributed by atoms with van der Waals surface area (Å²) in [5.74, 6) is 0.728. The Labute approximate surface area is 207 Å². The third-order valence-electron chi connectivity index (χ3n) is 6.00. The number of hydrogen-bond donors (Lipinski definition) is 1. The van der Waals surface area contributed by atoms with E-state index in [2.05, 4.69) is 32.6 Å². The molecule has 0 atom stereocenters. The number of benzene rings is 3. The van der Waals surface area contributed by atoms with Gasteiger partial charge in [0.2, 0.25) is 5.82 Å². The van der Waals surface area contributed by atoms with Crippen LogP contribution in [0.5, 0.6) is 0 Å². The van der Waals surface area contributed by atoms with Gasteiger partial charge in [0.05, 0.1) is 6.54 Å². The van der Waals surface area contributed by atoms with Crippen molar-refractivity contribution >= 4 is 5.91 Å². The van der Waals surface area contributed by atoms with E-state index in [0.29, 0.717) is 30.2 Å². The molecule has 0 saturated carbocycles. The number of aromatic nitrogens is 7. The third kappa shape index (κ3) is 4.76. The predicted octanol–water partition coefficient (Wildman–Crippen LogP) is 3.97. The number of aromatic amines is 1. The van der Waals surface area contributed by atoms with Crippen molar-refractivity contribution in [2.75, 3.05) is 0 Å². The highest BCUT2D eigenvalue weighted by Crippen LogP contribution is 2.24. The quantitative estimate of drug-likeness (QED) is 0.360. The Bertz CT molecular complexity index is 1520. The molecule has 0 amide bonds. The Kier molecular flexibility index (Phi) is 6.61. The van der Waals surface area contributed by atoms with Gasteiger partial charge in [-0.15, -0.1) is 20.0 Å². The molecule has 0 saturated heterocycles. The fraction of sp³-hybridized carbons (Fsp3) is 0.185. The van der Waals surface area contributed by atoms with Crippen LogP contribution >= 0.6 is 0 Å². The van der Waals surface area contributed by atoms with Crippen LogP contribution in [0.1, 0.15) is 41.5 Å². The lowest BCUT2D eigenvalue weighted by Gasteiger charge is -2.08. The molecule has 0 aliphatic carbocycles. The van der Waals surface area contributed by atoms with Crippen LogP contribution in [0.15, 0.2) is 83.7 Å². The highest BCUT2D eigenvalue weighted by Gasteiger charge is 2.19. The maximum absolute atomic E-state index is 13.2. The molecule has 5 aromatic rings. The Morgan fingerprint density at radius 2 is 1.69 bits per heavy atom. The van der Waals surface area contributed by atoms with E-state index < -0.39 is 11.6 Å². The van der Waals surface area contributed by atoms with Crippen molar-refractivity contribution < 1.29 is 4.79 Å². The van der Waals surface area contributed by atoms with Crippen LogP contribution in [0.4, 0.5) is 0 Å². The molecule has 1 N–H and O–H groups in total. The van der Waals surface area contributed by atoms with Crippen molar-refractivity contribution in [3.63, 3.8) is 0 Å².